The van der Waals surface area contributed by atoms with Crippen LogP contribution in [0.1, 0.15) is 35.3 Å². The molecular weight excluding hydrogens is 218 g/mol. The van der Waals surface area contributed by atoms with Crippen LogP contribution in [-0.4, -0.2) is 40.3 Å². The Kier molecular flexibility index (Phi) is 3.45. The molecule has 4 nitrogen and oxygen atoms in total. The number of carbonyl (C=O) groups is 1. The largest absolute Gasteiger partial charge is 0.478 e. The second-order valence-electron chi connectivity index (χ2n) is 4.36. The van der Waals surface area contributed by atoms with Crippen molar-refractivity contribution in [2.45, 2.75) is 25.5 Å². The van der Waals surface area contributed by atoms with Gasteiger partial charge >= 0.3 is 5.97 Å². The normalized spacial score (nSPS) is 25.1. The number of benzene rings is 1. The molecule has 0 bridgehead atoms. The second-order valence-corrected chi connectivity index (χ2v) is 4.36. The lowest BCUT2D eigenvalue weighted by molar-refractivity contribution is 0.0697. The first-order valence-corrected chi connectivity index (χ1v) is 5.89. The summed E-state index contributed by atoms with van der Waals surface area (Å²) in [4.78, 5) is 13.0. The molecule has 0 amide bonds. The topological polar surface area (TPSA) is 60.8 Å². The molecule has 4 heteroatoms. The molecule has 2 rings (SSSR count). The van der Waals surface area contributed by atoms with Crippen LogP contribution in [0, 0.1) is 0 Å². The molecule has 17 heavy (non-hydrogen) atoms. The van der Waals surface area contributed by atoms with Crippen molar-refractivity contribution in [3.05, 3.63) is 35.4 Å². The van der Waals surface area contributed by atoms with Gasteiger partial charge in [0.15, 0.2) is 0 Å². The lowest BCUT2D eigenvalue weighted by Gasteiger charge is -2.25. The first-order valence-electron chi connectivity index (χ1n) is 5.89. The van der Waals surface area contributed by atoms with E-state index in [2.05, 4.69) is 11.8 Å². The van der Waals surface area contributed by atoms with E-state index in [0.717, 1.165) is 25.1 Å². The molecule has 0 saturated carbocycles. The van der Waals surface area contributed by atoms with Gasteiger partial charge in [-0.3, -0.25) is 4.90 Å². The average molecular weight is 235 g/mol. The predicted molar refractivity (Wildman–Crippen MR) is 64.0 cm³/mol. The van der Waals surface area contributed by atoms with Crippen LogP contribution in [0.5, 0.6) is 0 Å². The Morgan fingerprint density at radius 1 is 1.41 bits per heavy atom. The molecule has 0 spiro atoms. The van der Waals surface area contributed by atoms with Gasteiger partial charge in [0.1, 0.15) is 0 Å². The van der Waals surface area contributed by atoms with Gasteiger partial charge in [-0.1, -0.05) is 19.1 Å². The number of hydrogen-bond donors (Lipinski definition) is 2. The van der Waals surface area contributed by atoms with E-state index >= 15 is 0 Å². The zero-order valence-corrected chi connectivity index (χ0v) is 9.84. The highest BCUT2D eigenvalue weighted by atomic mass is 16.4. The van der Waals surface area contributed by atoms with Crippen LogP contribution in [0.15, 0.2) is 24.3 Å². The lowest BCUT2D eigenvalue weighted by Crippen LogP contribution is -2.27. The van der Waals surface area contributed by atoms with Crippen molar-refractivity contribution < 1.29 is 15.0 Å². The summed E-state index contributed by atoms with van der Waals surface area (Å²) >= 11 is 0. The molecule has 1 aliphatic rings. The van der Waals surface area contributed by atoms with Gasteiger partial charge in [0, 0.05) is 6.54 Å². The van der Waals surface area contributed by atoms with Crippen molar-refractivity contribution in [1.82, 2.24) is 4.90 Å². The number of hydrogen-bond acceptors (Lipinski definition) is 3. The summed E-state index contributed by atoms with van der Waals surface area (Å²) in [7, 11) is 0. The monoisotopic (exact) mass is 235 g/mol. The van der Waals surface area contributed by atoms with E-state index in [1.165, 1.54) is 0 Å². The molecule has 1 saturated heterocycles. The van der Waals surface area contributed by atoms with Gasteiger partial charge in [-0.2, -0.15) is 0 Å². The maximum atomic E-state index is 10.8. The number of likely N-dealkylation sites (N-methyl/N-ethyl adjacent to an activating group) is 1. The number of nitrogens with zero attached hydrogens (tertiary/aromatic N) is 1. The third kappa shape index (κ3) is 2.33. The molecule has 1 aliphatic heterocycles. The van der Waals surface area contributed by atoms with Crippen molar-refractivity contribution in [1.29, 1.82) is 0 Å². The van der Waals surface area contributed by atoms with Crippen molar-refractivity contribution in [3.8, 4) is 0 Å². The van der Waals surface area contributed by atoms with Crippen LogP contribution >= 0.6 is 0 Å². The third-order valence-electron chi connectivity index (χ3n) is 3.38. The minimum Gasteiger partial charge on any atom is -0.478 e. The van der Waals surface area contributed by atoms with E-state index in [1.807, 2.05) is 0 Å². The molecule has 0 aromatic heterocycles. The SMILES string of the molecule is CCN1CCC(O)C1c1ccc(C(=O)O)cc1. The van der Waals surface area contributed by atoms with Crippen LogP contribution in [0.4, 0.5) is 0 Å². The lowest BCUT2D eigenvalue weighted by atomic mass is 10.0. The standard InChI is InChI=1S/C13H17NO3/c1-2-14-8-7-11(15)12(14)9-3-5-10(6-4-9)13(16)17/h3-6,11-12,15H,2,7-8H2,1H3,(H,16,17). The molecule has 2 atom stereocenters. The van der Waals surface area contributed by atoms with Gasteiger partial charge in [0.05, 0.1) is 17.7 Å². The van der Waals surface area contributed by atoms with Gasteiger partial charge in [0.25, 0.3) is 0 Å². The predicted octanol–water partition coefficient (Wildman–Crippen LogP) is 1.51. The second kappa shape index (κ2) is 4.85. The van der Waals surface area contributed by atoms with Gasteiger partial charge in [-0.05, 0) is 30.7 Å². The number of carboxylic acid groups (broad SMARTS) is 1. The Morgan fingerprint density at radius 2 is 2.06 bits per heavy atom. The van der Waals surface area contributed by atoms with Gasteiger partial charge in [-0.15, -0.1) is 0 Å². The summed E-state index contributed by atoms with van der Waals surface area (Å²) in [6, 6.07) is 6.78. The molecule has 0 aliphatic carbocycles. The quantitative estimate of drug-likeness (QED) is 0.833. The molecule has 92 valence electrons. The number of aromatic carboxylic acids is 1. The highest BCUT2D eigenvalue weighted by molar-refractivity contribution is 5.87. The fourth-order valence-corrected chi connectivity index (χ4v) is 2.45. The summed E-state index contributed by atoms with van der Waals surface area (Å²) < 4.78 is 0. The zero-order chi connectivity index (χ0) is 12.4. The van der Waals surface area contributed by atoms with Crippen molar-refractivity contribution in [2.75, 3.05) is 13.1 Å². The first kappa shape index (κ1) is 12.1. The van der Waals surface area contributed by atoms with E-state index in [0.29, 0.717) is 0 Å². The third-order valence-corrected chi connectivity index (χ3v) is 3.38. The van der Waals surface area contributed by atoms with Crippen LogP contribution < -0.4 is 0 Å². The Hall–Kier alpha value is -1.39. The average Bonchev–Trinajstić information content (AvgIpc) is 2.70. The first-order chi connectivity index (χ1) is 8.13. The van der Waals surface area contributed by atoms with Crippen LogP contribution in [0.2, 0.25) is 0 Å². The number of aliphatic hydroxyl groups excluding tert-OH is 1. The molecular formula is C13H17NO3. The summed E-state index contributed by atoms with van der Waals surface area (Å²) in [6.45, 7) is 3.85. The van der Waals surface area contributed by atoms with Gasteiger partial charge in [-0.25, -0.2) is 4.79 Å². The number of likely N-dealkylation sites (tertiary alicyclic amines) is 1. The molecule has 1 fully saturated rings. The fraction of sp³-hybridized carbons (Fsp3) is 0.462. The summed E-state index contributed by atoms with van der Waals surface area (Å²) in [5.41, 5.74) is 1.27. The van der Waals surface area contributed by atoms with Crippen molar-refractivity contribution in [2.24, 2.45) is 0 Å². The minimum absolute atomic E-state index is 0.00263. The Bertz CT molecular complexity index is 402. The number of aliphatic hydroxyl groups is 1. The van der Waals surface area contributed by atoms with Gasteiger partial charge < -0.3 is 10.2 Å². The number of rotatable bonds is 3. The Morgan fingerprint density at radius 3 is 2.59 bits per heavy atom. The molecule has 1 aromatic rings. The molecule has 1 heterocycles. The van der Waals surface area contributed by atoms with E-state index in [-0.39, 0.29) is 17.7 Å². The van der Waals surface area contributed by atoms with Gasteiger partial charge in [0.2, 0.25) is 0 Å². The van der Waals surface area contributed by atoms with Crippen LogP contribution in [0.25, 0.3) is 0 Å². The van der Waals surface area contributed by atoms with E-state index < -0.39 is 5.97 Å². The highest BCUT2D eigenvalue weighted by Crippen LogP contribution is 2.31. The number of carboxylic acids is 1. The fourth-order valence-electron chi connectivity index (χ4n) is 2.45. The van der Waals surface area contributed by atoms with Crippen LogP contribution in [-0.2, 0) is 0 Å². The van der Waals surface area contributed by atoms with Crippen molar-refractivity contribution >= 4 is 5.97 Å². The summed E-state index contributed by atoms with van der Waals surface area (Å²) in [6.07, 6.45) is 0.421. The summed E-state index contributed by atoms with van der Waals surface area (Å²) in [5, 5.41) is 18.8. The Balaban J connectivity index is 2.24. The van der Waals surface area contributed by atoms with Crippen LogP contribution in [0.3, 0.4) is 0 Å². The van der Waals surface area contributed by atoms with E-state index in [9.17, 15) is 9.90 Å². The van der Waals surface area contributed by atoms with E-state index in [1.54, 1.807) is 24.3 Å². The molecule has 1 aromatic carbocycles. The summed E-state index contributed by atoms with van der Waals surface area (Å²) in [5.74, 6) is -0.920. The maximum Gasteiger partial charge on any atom is 0.335 e. The van der Waals surface area contributed by atoms with Crippen molar-refractivity contribution in [3.63, 3.8) is 0 Å². The molecule has 2 N–H and O–H groups in total. The zero-order valence-electron chi connectivity index (χ0n) is 9.84. The molecule has 0 radical (unpaired) electrons. The molecule has 2 unspecified atom stereocenters. The highest BCUT2D eigenvalue weighted by Gasteiger charge is 2.32. The Labute approximate surface area is 100 Å². The minimum atomic E-state index is -0.920. The smallest absolute Gasteiger partial charge is 0.335 e. The van der Waals surface area contributed by atoms with E-state index in [4.69, 9.17) is 5.11 Å². The maximum absolute atomic E-state index is 10.8.